The third-order valence-corrected chi connectivity index (χ3v) is 19.1. The fourth-order valence-electron chi connectivity index (χ4n) is 14.7. The summed E-state index contributed by atoms with van der Waals surface area (Å²) in [5.74, 6) is -0.0339. The van der Waals surface area contributed by atoms with E-state index in [9.17, 15) is 0 Å². The van der Waals surface area contributed by atoms with E-state index < -0.39 is 28.7 Å². The Balaban J connectivity index is 0.677. The number of nitrogens with zero attached hydrogens (tertiary/aromatic N) is 5. The molecule has 11 rings (SSSR count). The highest BCUT2D eigenvalue weighted by molar-refractivity contribution is 6.34. The van der Waals surface area contributed by atoms with Gasteiger partial charge in [0.2, 0.25) is 0 Å². The van der Waals surface area contributed by atoms with Crippen molar-refractivity contribution in [3.8, 4) is 11.1 Å². The number of anilines is 1. The van der Waals surface area contributed by atoms with Crippen LogP contribution in [0.5, 0.6) is 0 Å². The topological polar surface area (TPSA) is 77.6 Å². The first-order valence-electron chi connectivity index (χ1n) is 27.5. The highest BCUT2D eigenvalue weighted by Crippen LogP contribution is 2.58. The molecule has 2 unspecified atom stereocenters. The summed E-state index contributed by atoms with van der Waals surface area (Å²) in [6.07, 6.45) is 10.7. The van der Waals surface area contributed by atoms with Gasteiger partial charge in [0.1, 0.15) is 28.8 Å². The summed E-state index contributed by atoms with van der Waals surface area (Å²) >= 11 is 6.94. The third-order valence-electron chi connectivity index (χ3n) is 18.7. The second kappa shape index (κ2) is 20.1. The first-order valence-corrected chi connectivity index (χ1v) is 27.9. The largest absolute Gasteiger partial charge is 0.399 e. The van der Waals surface area contributed by atoms with Gasteiger partial charge in [-0.15, -0.1) is 0 Å². The van der Waals surface area contributed by atoms with E-state index >= 15 is 17.6 Å². The van der Waals surface area contributed by atoms with Crippen LogP contribution in [0.25, 0.3) is 27.7 Å². The van der Waals surface area contributed by atoms with Crippen molar-refractivity contribution in [1.82, 2.24) is 30.2 Å². The minimum Gasteiger partial charge on any atom is -0.399 e. The first-order chi connectivity index (χ1) is 36.0. The van der Waals surface area contributed by atoms with Gasteiger partial charge in [-0.25, -0.2) is 17.6 Å². The summed E-state index contributed by atoms with van der Waals surface area (Å²) in [7, 11) is 1.72. The summed E-state index contributed by atoms with van der Waals surface area (Å²) in [5.41, 5.74) is 13.4. The van der Waals surface area contributed by atoms with E-state index in [1.54, 1.807) is 25.2 Å². The monoisotopic (exact) mass is 1040 g/mol. The first kappa shape index (κ1) is 51.5. The quantitative estimate of drug-likeness (QED) is 0.0957. The van der Waals surface area contributed by atoms with Gasteiger partial charge in [-0.05, 0) is 128 Å². The van der Waals surface area contributed by atoms with Gasteiger partial charge in [-0.2, -0.15) is 5.10 Å². The van der Waals surface area contributed by atoms with Crippen LogP contribution in [-0.2, 0) is 25.3 Å². The van der Waals surface area contributed by atoms with E-state index in [1.807, 2.05) is 17.9 Å². The zero-order valence-corrected chi connectivity index (χ0v) is 44.8. The molecule has 5 fully saturated rings. The number of benzene rings is 4. The molecular formula is C62H73ClF4N8. The van der Waals surface area contributed by atoms with Gasteiger partial charge in [-0.1, -0.05) is 101 Å². The van der Waals surface area contributed by atoms with Gasteiger partial charge >= 0.3 is 0 Å². The number of allylic oxidation sites excluding steroid dienone is 1. The van der Waals surface area contributed by atoms with Crippen molar-refractivity contribution in [2.24, 2.45) is 30.0 Å². The van der Waals surface area contributed by atoms with Crippen LogP contribution in [0.3, 0.4) is 0 Å². The van der Waals surface area contributed by atoms with Crippen LogP contribution in [-0.4, -0.2) is 71.4 Å². The molecule has 4 aromatic carbocycles. The number of nitrogens with two attached hydrogens (primary N) is 1. The normalized spacial score (nSPS) is 24.1. The Kier molecular flexibility index (Phi) is 13.8. The predicted molar refractivity (Wildman–Crippen MR) is 296 cm³/mol. The maximum absolute atomic E-state index is 16.7. The smallest absolute Gasteiger partial charge is 0.164 e. The van der Waals surface area contributed by atoms with Crippen molar-refractivity contribution in [2.45, 2.75) is 114 Å². The van der Waals surface area contributed by atoms with Crippen molar-refractivity contribution in [3.63, 3.8) is 0 Å². The maximum Gasteiger partial charge on any atom is 0.164 e. The molecule has 75 heavy (non-hydrogen) atoms. The molecule has 13 heteroatoms. The molecule has 1 spiro atoms. The molecule has 2 atom stereocenters. The third kappa shape index (κ3) is 9.08. The molecule has 2 saturated carbocycles. The van der Waals surface area contributed by atoms with Crippen molar-refractivity contribution in [3.05, 3.63) is 160 Å². The number of hydrogen-bond donors (Lipinski definition) is 3. The lowest BCUT2D eigenvalue weighted by Crippen LogP contribution is -2.62. The van der Waals surface area contributed by atoms with Crippen LogP contribution in [0.4, 0.5) is 23.4 Å². The zero-order chi connectivity index (χ0) is 52.7. The van der Waals surface area contributed by atoms with Crippen LogP contribution < -0.4 is 21.3 Å². The molecule has 3 saturated heterocycles. The van der Waals surface area contributed by atoms with E-state index in [2.05, 4.69) is 76.5 Å². The van der Waals surface area contributed by atoms with E-state index in [-0.39, 0.29) is 39.1 Å². The molecule has 5 aromatic rings. The molecule has 6 aliphatic rings. The van der Waals surface area contributed by atoms with Crippen molar-refractivity contribution < 1.29 is 17.6 Å². The van der Waals surface area contributed by atoms with Gasteiger partial charge in [0, 0.05) is 110 Å². The Morgan fingerprint density at radius 2 is 1.61 bits per heavy atom. The number of fused-ring (bicyclic) bond motifs is 2. The Hall–Kier alpha value is -5.56. The number of piperidine rings is 1. The molecule has 396 valence electrons. The Bertz CT molecular complexity index is 3080. The van der Waals surface area contributed by atoms with Crippen molar-refractivity contribution in [2.75, 3.05) is 50.7 Å². The number of nitrogens with one attached hydrogen (secondary N) is 2. The number of halogens is 5. The zero-order valence-electron chi connectivity index (χ0n) is 44.0. The SMILES string of the molecule is C=C1CCN(c2nn(C)c3c(F)c(C4CC5(C4)CN(CC4CCN(C(=C)C6CCC(NCC7(c8ccccc8)Cc8cc(F)c(Cl)c(-c9c(C(=C)N)ccc(CCC)c9F)c8C7C)CC6)CC4)C5)c(F)cc23)C(=C)N1. The molecule has 0 amide bonds. The molecular weight excluding hydrogens is 968 g/mol. The van der Waals surface area contributed by atoms with Crippen LogP contribution in [0.1, 0.15) is 123 Å². The average molecular weight is 1040 g/mol. The molecule has 4 heterocycles. The summed E-state index contributed by atoms with van der Waals surface area (Å²) < 4.78 is 66.5. The highest BCUT2D eigenvalue weighted by atomic mass is 35.5. The number of likely N-dealkylation sites (tertiary alicyclic amines) is 2. The summed E-state index contributed by atoms with van der Waals surface area (Å²) in [6.45, 7) is 27.3. The van der Waals surface area contributed by atoms with E-state index in [0.717, 1.165) is 113 Å². The number of hydrogen-bond acceptors (Lipinski definition) is 7. The number of aryl methyl sites for hydroxylation is 2. The Labute approximate surface area is 445 Å². The van der Waals surface area contributed by atoms with E-state index in [1.165, 1.54) is 16.4 Å². The fraction of sp³-hybridized carbons (Fsp3) is 0.468. The van der Waals surface area contributed by atoms with Crippen molar-refractivity contribution in [1.29, 1.82) is 0 Å². The second-order valence-corrected chi connectivity index (χ2v) is 23.8. The summed E-state index contributed by atoms with van der Waals surface area (Å²) in [6, 6.07) is 17.4. The van der Waals surface area contributed by atoms with Gasteiger partial charge in [0.15, 0.2) is 11.6 Å². The van der Waals surface area contributed by atoms with Crippen LogP contribution in [0, 0.1) is 40.5 Å². The van der Waals surface area contributed by atoms with Gasteiger partial charge in [0.25, 0.3) is 0 Å². The lowest BCUT2D eigenvalue weighted by Gasteiger charge is -2.60. The standard InChI is InChI=1S/C62H73ClF4N8/c1-8-12-43-17-20-48(38(4)68)54(57(43)66)55-52-37(3)62(46-13-10-9-11-14-46,31-44(52)27-51(65)56(55)63)33-69-47-18-15-42(16-19-47)39(5)74-24-22-41(23-25-74)32-73-34-61(35-73)29-45(30-61)53-50(64)28-49-59(58(53)67)72(7)71-60(49)75-26-21-36(2)70-40(75)6/h9-11,13-14,17,20,27-28,37,41-42,45,47,69-70H,2,4-6,8,12,15-16,18-19,21-26,29-35,68H2,1,3,7H3. The summed E-state index contributed by atoms with van der Waals surface area (Å²) in [4.78, 5) is 6.98. The van der Waals surface area contributed by atoms with E-state index in [4.69, 9.17) is 23.9 Å². The minimum atomic E-state index is -0.560. The minimum absolute atomic E-state index is 0.0842. The Morgan fingerprint density at radius 1 is 0.893 bits per heavy atom. The lowest BCUT2D eigenvalue weighted by molar-refractivity contribution is -0.0827. The van der Waals surface area contributed by atoms with Crippen LogP contribution in [0.15, 0.2) is 98.1 Å². The van der Waals surface area contributed by atoms with Gasteiger partial charge in [-0.3, -0.25) is 4.68 Å². The van der Waals surface area contributed by atoms with Crippen molar-refractivity contribution >= 4 is 34.0 Å². The average Bonchev–Trinajstić information content (AvgIpc) is 3.88. The van der Waals surface area contributed by atoms with E-state index in [0.29, 0.717) is 89.5 Å². The lowest BCUT2D eigenvalue weighted by atomic mass is 9.56. The van der Waals surface area contributed by atoms with Crippen LogP contribution in [0.2, 0.25) is 5.02 Å². The highest BCUT2D eigenvalue weighted by Gasteiger charge is 2.54. The van der Waals surface area contributed by atoms with Gasteiger partial charge < -0.3 is 31.1 Å². The fourth-order valence-corrected chi connectivity index (χ4v) is 15.0. The number of aromatic nitrogens is 2. The molecule has 3 aliphatic carbocycles. The predicted octanol–water partition coefficient (Wildman–Crippen LogP) is 13.0. The maximum atomic E-state index is 16.7. The molecule has 0 bridgehead atoms. The molecule has 4 N–H and O–H groups in total. The molecule has 8 nitrogen and oxygen atoms in total. The summed E-state index contributed by atoms with van der Waals surface area (Å²) in [5, 5.41) is 12.2. The van der Waals surface area contributed by atoms with Gasteiger partial charge in [0.05, 0.1) is 10.4 Å². The van der Waals surface area contributed by atoms with Crippen LogP contribution >= 0.6 is 11.6 Å². The molecule has 1 aromatic heterocycles. The molecule has 0 radical (unpaired) electrons. The second-order valence-electron chi connectivity index (χ2n) is 23.4. The molecule has 3 aliphatic heterocycles. The Morgan fingerprint density at radius 3 is 2.29 bits per heavy atom. The number of rotatable bonds is 14.